The van der Waals surface area contributed by atoms with E-state index in [0.717, 1.165) is 18.2 Å². The van der Waals surface area contributed by atoms with Crippen LogP contribution in [0.5, 0.6) is 5.75 Å². The molecule has 0 fully saturated rings. The molecule has 0 saturated heterocycles. The standard InChI is InChI=1S/C23H22F6IN3O4/c1-12-10-13(37-23(28,29)20(24)22(25,26)27)8-9-16(12)32-18(34)14-6-5-7-15(30)17(14)19(35)33-21(2,3)11-31-36-4/h5-11,20H,1-4H3,(H,32,34)(H,33,35). The van der Waals surface area contributed by atoms with Crippen LogP contribution in [0.3, 0.4) is 0 Å². The van der Waals surface area contributed by atoms with E-state index in [0.29, 0.717) is 3.57 Å². The van der Waals surface area contributed by atoms with Crippen molar-refractivity contribution in [2.45, 2.75) is 44.8 Å². The summed E-state index contributed by atoms with van der Waals surface area (Å²) >= 11 is 1.88. The molecule has 1 unspecified atom stereocenters. The Morgan fingerprint density at radius 3 is 2.30 bits per heavy atom. The smallest absolute Gasteiger partial charge is 0.430 e. The highest BCUT2D eigenvalue weighted by atomic mass is 127. The van der Waals surface area contributed by atoms with Gasteiger partial charge in [0.05, 0.1) is 22.9 Å². The fourth-order valence-electron chi connectivity index (χ4n) is 2.94. The van der Waals surface area contributed by atoms with Crippen LogP contribution in [-0.2, 0) is 4.84 Å². The second kappa shape index (κ2) is 11.6. The van der Waals surface area contributed by atoms with Crippen molar-refractivity contribution in [3.8, 4) is 5.75 Å². The number of amides is 2. The summed E-state index contributed by atoms with van der Waals surface area (Å²) in [7, 11) is 1.34. The third-order valence-electron chi connectivity index (χ3n) is 4.68. The molecule has 7 nitrogen and oxygen atoms in total. The largest absolute Gasteiger partial charge is 0.439 e. The van der Waals surface area contributed by atoms with Crippen LogP contribution in [0.1, 0.15) is 40.1 Å². The van der Waals surface area contributed by atoms with Gasteiger partial charge in [-0.25, -0.2) is 4.39 Å². The molecule has 0 bridgehead atoms. The average molecular weight is 645 g/mol. The van der Waals surface area contributed by atoms with E-state index >= 15 is 0 Å². The van der Waals surface area contributed by atoms with Crippen LogP contribution >= 0.6 is 22.6 Å². The van der Waals surface area contributed by atoms with Crippen LogP contribution in [0.4, 0.5) is 32.0 Å². The van der Waals surface area contributed by atoms with Crippen LogP contribution < -0.4 is 15.4 Å². The third kappa shape index (κ3) is 7.97. The molecular formula is C23H22F6IN3O4. The number of carbonyl (C=O) groups is 2. The maximum atomic E-state index is 13.6. The van der Waals surface area contributed by atoms with Crippen LogP contribution in [0, 0.1) is 10.5 Å². The Labute approximate surface area is 221 Å². The van der Waals surface area contributed by atoms with Crippen molar-refractivity contribution in [2.24, 2.45) is 5.16 Å². The van der Waals surface area contributed by atoms with Gasteiger partial charge in [-0.05, 0) is 79.3 Å². The summed E-state index contributed by atoms with van der Waals surface area (Å²) in [5.74, 6) is -2.06. The number of nitrogens with zero attached hydrogens (tertiary/aromatic N) is 1. The van der Waals surface area contributed by atoms with Crippen LogP contribution in [0.15, 0.2) is 41.6 Å². The van der Waals surface area contributed by atoms with Gasteiger partial charge >= 0.3 is 12.3 Å². The Morgan fingerprint density at radius 1 is 1.08 bits per heavy atom. The molecule has 14 heteroatoms. The summed E-state index contributed by atoms with van der Waals surface area (Å²) in [5, 5.41) is 8.87. The van der Waals surface area contributed by atoms with Crippen molar-refractivity contribution < 1.29 is 45.5 Å². The molecule has 0 aromatic heterocycles. The van der Waals surface area contributed by atoms with Gasteiger partial charge in [0.1, 0.15) is 12.9 Å². The fourth-order valence-corrected chi connectivity index (χ4v) is 3.69. The number of ether oxygens (including phenoxy) is 1. The van der Waals surface area contributed by atoms with Crippen LogP contribution in [0.2, 0.25) is 0 Å². The molecule has 0 aliphatic rings. The summed E-state index contributed by atoms with van der Waals surface area (Å²) in [4.78, 5) is 30.6. The van der Waals surface area contributed by atoms with Crippen molar-refractivity contribution in [1.82, 2.24) is 5.32 Å². The SMILES string of the molecule is CON=CC(C)(C)NC(=O)c1c(I)cccc1C(=O)Nc1ccc(OC(F)(F)C(F)C(F)(F)F)cc1C. The van der Waals surface area contributed by atoms with E-state index in [1.54, 1.807) is 26.0 Å². The zero-order valence-electron chi connectivity index (χ0n) is 19.8. The monoisotopic (exact) mass is 645 g/mol. The molecule has 0 saturated carbocycles. The van der Waals surface area contributed by atoms with Crippen molar-refractivity contribution in [1.29, 1.82) is 0 Å². The first kappa shape index (κ1) is 30.2. The Hall–Kier alpha value is -3.04. The molecule has 2 aromatic carbocycles. The van der Waals surface area contributed by atoms with Gasteiger partial charge in [-0.1, -0.05) is 11.2 Å². The van der Waals surface area contributed by atoms with Crippen molar-refractivity contribution >= 4 is 46.3 Å². The molecule has 202 valence electrons. The number of rotatable bonds is 9. The van der Waals surface area contributed by atoms with Gasteiger partial charge in [-0.2, -0.15) is 22.0 Å². The maximum Gasteiger partial charge on any atom is 0.439 e. The van der Waals surface area contributed by atoms with Gasteiger partial charge in [0, 0.05) is 9.26 Å². The third-order valence-corrected chi connectivity index (χ3v) is 5.58. The summed E-state index contributed by atoms with van der Waals surface area (Å²) in [6.07, 6.45) is -14.2. The molecule has 0 spiro atoms. The molecule has 1 atom stereocenters. The number of halogens is 7. The number of alkyl halides is 6. The lowest BCUT2D eigenvalue weighted by Crippen LogP contribution is -2.45. The van der Waals surface area contributed by atoms with Crippen molar-refractivity contribution in [2.75, 3.05) is 12.4 Å². The normalized spacial score (nSPS) is 13.3. The van der Waals surface area contributed by atoms with E-state index in [1.165, 1.54) is 26.3 Å². The number of oxime groups is 1. The van der Waals surface area contributed by atoms with Crippen LogP contribution in [-0.4, -0.2) is 49.1 Å². The van der Waals surface area contributed by atoms with E-state index in [9.17, 15) is 35.9 Å². The zero-order chi connectivity index (χ0) is 28.2. The van der Waals surface area contributed by atoms with Crippen molar-refractivity contribution in [3.63, 3.8) is 0 Å². The minimum atomic E-state index is -5.82. The Kier molecular flexibility index (Phi) is 9.43. The number of benzene rings is 2. The summed E-state index contributed by atoms with van der Waals surface area (Å²) < 4.78 is 81.6. The highest BCUT2D eigenvalue weighted by molar-refractivity contribution is 14.1. The predicted octanol–water partition coefficient (Wildman–Crippen LogP) is 5.86. The van der Waals surface area contributed by atoms with E-state index < -0.39 is 41.6 Å². The molecule has 0 heterocycles. The average Bonchev–Trinajstić information content (AvgIpc) is 2.77. The first-order chi connectivity index (χ1) is 17.0. The van der Waals surface area contributed by atoms with Gasteiger partial charge in [-0.15, -0.1) is 0 Å². The number of hydrogen-bond acceptors (Lipinski definition) is 5. The molecule has 0 aliphatic carbocycles. The molecule has 0 radical (unpaired) electrons. The summed E-state index contributed by atoms with van der Waals surface area (Å²) in [6, 6.07) is 7.41. The number of hydrogen-bond donors (Lipinski definition) is 2. The second-order valence-electron chi connectivity index (χ2n) is 8.25. The molecule has 37 heavy (non-hydrogen) atoms. The first-order valence-electron chi connectivity index (χ1n) is 10.4. The fraction of sp³-hybridized carbons (Fsp3) is 0.348. The van der Waals surface area contributed by atoms with Crippen molar-refractivity contribution in [3.05, 3.63) is 56.7 Å². The van der Waals surface area contributed by atoms with E-state index in [-0.39, 0.29) is 22.4 Å². The highest BCUT2D eigenvalue weighted by Crippen LogP contribution is 2.37. The molecule has 0 aliphatic heterocycles. The van der Waals surface area contributed by atoms with Gasteiger partial charge in [0.2, 0.25) is 0 Å². The molecule has 2 rings (SSSR count). The van der Waals surface area contributed by atoms with Gasteiger partial charge in [-0.3, -0.25) is 9.59 Å². The minimum absolute atomic E-state index is 0.0133. The quantitative estimate of drug-likeness (QED) is 0.155. The van der Waals surface area contributed by atoms with Gasteiger partial charge in [0.25, 0.3) is 18.0 Å². The number of anilines is 1. The summed E-state index contributed by atoms with van der Waals surface area (Å²) in [5.41, 5.74) is -0.680. The van der Waals surface area contributed by atoms with E-state index in [2.05, 4.69) is 25.4 Å². The Bertz CT molecular complexity index is 1190. The Morgan fingerprint density at radius 2 is 1.73 bits per heavy atom. The van der Waals surface area contributed by atoms with E-state index in [1.807, 2.05) is 22.6 Å². The lowest BCUT2D eigenvalue weighted by molar-refractivity contribution is -0.304. The number of aryl methyl sites for hydroxylation is 1. The molecule has 2 amide bonds. The topological polar surface area (TPSA) is 89.0 Å². The first-order valence-corrected chi connectivity index (χ1v) is 11.4. The van der Waals surface area contributed by atoms with Gasteiger partial charge < -0.3 is 20.2 Å². The number of carbonyl (C=O) groups excluding carboxylic acids is 2. The summed E-state index contributed by atoms with van der Waals surface area (Å²) in [6.45, 7) is 4.66. The molecular weight excluding hydrogens is 623 g/mol. The number of nitrogens with one attached hydrogen (secondary N) is 2. The highest BCUT2D eigenvalue weighted by Gasteiger charge is 2.59. The predicted molar refractivity (Wildman–Crippen MR) is 132 cm³/mol. The minimum Gasteiger partial charge on any atom is -0.430 e. The zero-order valence-corrected chi connectivity index (χ0v) is 22.0. The molecule has 2 N–H and O–H groups in total. The van der Waals surface area contributed by atoms with Gasteiger partial charge in [0.15, 0.2) is 0 Å². The second-order valence-corrected chi connectivity index (χ2v) is 9.42. The van der Waals surface area contributed by atoms with E-state index in [4.69, 9.17) is 0 Å². The molecule has 2 aromatic rings. The Balaban J connectivity index is 2.27. The lowest BCUT2D eigenvalue weighted by atomic mass is 10.0. The van der Waals surface area contributed by atoms with Crippen LogP contribution in [0.25, 0.3) is 0 Å². The maximum absolute atomic E-state index is 13.6. The lowest BCUT2D eigenvalue weighted by Gasteiger charge is -2.23.